The number of fused-ring (bicyclic) bond motifs is 1. The van der Waals surface area contributed by atoms with E-state index in [1.165, 1.54) is 26.4 Å². The molecule has 1 unspecified atom stereocenters. The van der Waals surface area contributed by atoms with Crippen molar-refractivity contribution in [3.63, 3.8) is 0 Å². The molecule has 0 saturated carbocycles. The summed E-state index contributed by atoms with van der Waals surface area (Å²) in [5.74, 6) is -1.48. The molecule has 1 aliphatic rings. The lowest BCUT2D eigenvalue weighted by Gasteiger charge is -2.21. The van der Waals surface area contributed by atoms with Gasteiger partial charge < -0.3 is 10.1 Å². The van der Waals surface area contributed by atoms with Gasteiger partial charge in [-0.05, 0) is 19.1 Å². The van der Waals surface area contributed by atoms with E-state index in [2.05, 4.69) is 15.3 Å². The van der Waals surface area contributed by atoms with E-state index in [9.17, 15) is 14.4 Å². The number of hydrogen-bond donors (Lipinski definition) is 1. The van der Waals surface area contributed by atoms with Crippen molar-refractivity contribution in [2.24, 2.45) is 0 Å². The first-order chi connectivity index (χ1) is 11.5. The quantitative estimate of drug-likeness (QED) is 0.845. The minimum absolute atomic E-state index is 0.168. The summed E-state index contributed by atoms with van der Waals surface area (Å²) in [4.78, 5) is 45.8. The van der Waals surface area contributed by atoms with Gasteiger partial charge in [0.1, 0.15) is 6.04 Å². The van der Waals surface area contributed by atoms with Crippen LogP contribution in [0.4, 0.5) is 5.69 Å². The lowest BCUT2D eigenvalue weighted by molar-refractivity contribution is -0.119. The van der Waals surface area contributed by atoms with Gasteiger partial charge in [0, 0.05) is 0 Å². The number of carbonyl (C=O) groups excluding carboxylic acids is 3. The molecule has 2 aromatic rings. The van der Waals surface area contributed by atoms with Gasteiger partial charge in [-0.2, -0.15) is 0 Å². The van der Waals surface area contributed by atoms with Gasteiger partial charge in [0.25, 0.3) is 11.8 Å². The highest BCUT2D eigenvalue weighted by Gasteiger charge is 2.40. The van der Waals surface area contributed by atoms with Gasteiger partial charge >= 0.3 is 6.01 Å². The number of ether oxygens (including phenoxy) is 1. The number of benzene rings is 1. The van der Waals surface area contributed by atoms with Crippen LogP contribution < -0.4 is 10.1 Å². The molecule has 3 rings (SSSR count). The van der Waals surface area contributed by atoms with E-state index < -0.39 is 23.8 Å². The predicted octanol–water partition coefficient (Wildman–Crippen LogP) is 1.11. The second kappa shape index (κ2) is 6.07. The monoisotopic (exact) mass is 326 g/mol. The van der Waals surface area contributed by atoms with Crippen molar-refractivity contribution in [3.05, 3.63) is 47.8 Å². The van der Waals surface area contributed by atoms with Crippen LogP contribution in [0.15, 0.2) is 36.7 Å². The normalized spacial score (nSPS) is 14.3. The molecule has 24 heavy (non-hydrogen) atoms. The summed E-state index contributed by atoms with van der Waals surface area (Å²) in [6.45, 7) is 1.49. The Kier molecular flexibility index (Phi) is 3.95. The highest BCUT2D eigenvalue weighted by molar-refractivity contribution is 6.23. The third-order valence-electron chi connectivity index (χ3n) is 3.67. The van der Waals surface area contributed by atoms with Crippen LogP contribution in [0.3, 0.4) is 0 Å². The number of aromatic nitrogens is 2. The Balaban J connectivity index is 1.76. The Labute approximate surface area is 137 Å². The molecule has 122 valence electrons. The Hall–Kier alpha value is -3.29. The second-order valence-corrected chi connectivity index (χ2v) is 5.15. The molecule has 0 bridgehead atoms. The molecule has 0 radical (unpaired) electrons. The van der Waals surface area contributed by atoms with Crippen LogP contribution in [0, 0.1) is 0 Å². The molecule has 1 atom stereocenters. The third-order valence-corrected chi connectivity index (χ3v) is 3.67. The van der Waals surface area contributed by atoms with Crippen LogP contribution in [-0.4, -0.2) is 45.7 Å². The molecule has 1 N–H and O–H groups in total. The van der Waals surface area contributed by atoms with E-state index in [0.29, 0.717) is 16.8 Å². The number of nitrogens with one attached hydrogen (secondary N) is 1. The molecular weight excluding hydrogens is 312 g/mol. The van der Waals surface area contributed by atoms with Crippen molar-refractivity contribution in [2.45, 2.75) is 13.0 Å². The maximum atomic E-state index is 12.4. The largest absolute Gasteiger partial charge is 0.467 e. The zero-order chi connectivity index (χ0) is 17.3. The van der Waals surface area contributed by atoms with Gasteiger partial charge in [-0.3, -0.25) is 19.3 Å². The highest BCUT2D eigenvalue weighted by atomic mass is 16.5. The van der Waals surface area contributed by atoms with E-state index in [4.69, 9.17) is 4.74 Å². The number of amides is 3. The van der Waals surface area contributed by atoms with Gasteiger partial charge in [-0.1, -0.05) is 12.1 Å². The van der Waals surface area contributed by atoms with Crippen molar-refractivity contribution in [1.82, 2.24) is 14.9 Å². The first-order valence-corrected chi connectivity index (χ1v) is 7.16. The number of carbonyl (C=O) groups is 3. The molecule has 8 heteroatoms. The van der Waals surface area contributed by atoms with Crippen molar-refractivity contribution in [1.29, 1.82) is 0 Å². The molecule has 3 amide bonds. The maximum Gasteiger partial charge on any atom is 0.316 e. The van der Waals surface area contributed by atoms with Crippen LogP contribution in [0.25, 0.3) is 0 Å². The summed E-state index contributed by atoms with van der Waals surface area (Å²) < 4.78 is 4.83. The first kappa shape index (κ1) is 15.6. The summed E-state index contributed by atoms with van der Waals surface area (Å²) >= 11 is 0. The summed E-state index contributed by atoms with van der Waals surface area (Å²) in [7, 11) is 1.43. The highest BCUT2D eigenvalue weighted by Crippen LogP contribution is 2.24. The van der Waals surface area contributed by atoms with E-state index in [1.54, 1.807) is 24.3 Å². The van der Waals surface area contributed by atoms with Gasteiger partial charge in [0.05, 0.1) is 36.3 Å². The van der Waals surface area contributed by atoms with Gasteiger partial charge in [0.15, 0.2) is 0 Å². The van der Waals surface area contributed by atoms with Gasteiger partial charge in [-0.25, -0.2) is 9.97 Å². The topological polar surface area (TPSA) is 101 Å². The van der Waals surface area contributed by atoms with Crippen LogP contribution in [0.2, 0.25) is 0 Å². The Morgan fingerprint density at radius 3 is 2.17 bits per heavy atom. The Morgan fingerprint density at radius 1 is 1.12 bits per heavy atom. The minimum atomic E-state index is -0.973. The minimum Gasteiger partial charge on any atom is -0.467 e. The summed E-state index contributed by atoms with van der Waals surface area (Å²) in [6, 6.07) is 5.68. The fourth-order valence-corrected chi connectivity index (χ4v) is 2.41. The molecule has 2 heterocycles. The molecule has 0 fully saturated rings. The van der Waals surface area contributed by atoms with E-state index in [-0.39, 0.29) is 6.01 Å². The molecule has 0 spiro atoms. The van der Waals surface area contributed by atoms with E-state index >= 15 is 0 Å². The van der Waals surface area contributed by atoms with E-state index in [0.717, 1.165) is 4.90 Å². The van der Waals surface area contributed by atoms with Crippen LogP contribution in [0.1, 0.15) is 27.6 Å². The summed E-state index contributed by atoms with van der Waals surface area (Å²) in [5, 5.41) is 2.57. The van der Waals surface area contributed by atoms with Crippen molar-refractivity contribution >= 4 is 23.4 Å². The average Bonchev–Trinajstić information content (AvgIpc) is 2.86. The van der Waals surface area contributed by atoms with Gasteiger partial charge in [0.2, 0.25) is 5.91 Å². The fourth-order valence-electron chi connectivity index (χ4n) is 2.41. The number of rotatable bonds is 4. The van der Waals surface area contributed by atoms with Crippen LogP contribution in [0.5, 0.6) is 6.01 Å². The molecule has 1 aliphatic heterocycles. The Morgan fingerprint density at radius 2 is 1.67 bits per heavy atom. The maximum absolute atomic E-state index is 12.4. The van der Waals surface area contributed by atoms with Crippen molar-refractivity contribution in [3.8, 4) is 6.01 Å². The number of imide groups is 1. The zero-order valence-corrected chi connectivity index (χ0v) is 13.0. The summed E-state index contributed by atoms with van der Waals surface area (Å²) in [6.07, 6.45) is 2.75. The third kappa shape index (κ3) is 2.58. The fraction of sp³-hybridized carbons (Fsp3) is 0.188. The molecular formula is C16H14N4O4. The smallest absolute Gasteiger partial charge is 0.316 e. The van der Waals surface area contributed by atoms with Gasteiger partial charge in [-0.15, -0.1) is 0 Å². The van der Waals surface area contributed by atoms with Crippen LogP contribution >= 0.6 is 0 Å². The molecule has 1 aromatic heterocycles. The first-order valence-electron chi connectivity index (χ1n) is 7.16. The zero-order valence-electron chi connectivity index (χ0n) is 13.0. The van der Waals surface area contributed by atoms with Crippen LogP contribution in [-0.2, 0) is 4.79 Å². The molecule has 8 nitrogen and oxygen atoms in total. The molecule has 0 saturated heterocycles. The lowest BCUT2D eigenvalue weighted by atomic mass is 10.1. The summed E-state index contributed by atoms with van der Waals surface area (Å²) in [5.41, 5.74) is 0.939. The molecule has 1 aromatic carbocycles. The lowest BCUT2D eigenvalue weighted by Crippen LogP contribution is -2.45. The SMILES string of the molecule is COc1ncc(NC(=O)C(C)N2C(=O)c3ccccc3C2=O)cn1. The standard InChI is InChI=1S/C16H14N4O4/c1-9(13(21)19-10-7-17-16(24-2)18-8-10)20-14(22)11-5-3-4-6-12(11)15(20)23/h3-9H,1-2H3,(H,19,21). The number of anilines is 1. The number of nitrogens with zero attached hydrogens (tertiary/aromatic N) is 3. The number of hydrogen-bond acceptors (Lipinski definition) is 6. The van der Waals surface area contributed by atoms with Crippen molar-refractivity contribution in [2.75, 3.05) is 12.4 Å². The number of methoxy groups -OCH3 is 1. The second-order valence-electron chi connectivity index (χ2n) is 5.15. The Bertz CT molecular complexity index is 784. The predicted molar refractivity (Wildman–Crippen MR) is 83.6 cm³/mol. The average molecular weight is 326 g/mol. The van der Waals surface area contributed by atoms with Crippen molar-refractivity contribution < 1.29 is 19.1 Å². The van der Waals surface area contributed by atoms with E-state index in [1.807, 2.05) is 0 Å². The molecule has 0 aliphatic carbocycles.